The van der Waals surface area contributed by atoms with Crippen LogP contribution >= 0.6 is 0 Å². The molecular weight excluding hydrogens is 399 g/mol. The molecule has 0 spiro atoms. The first-order chi connectivity index (χ1) is 13.1. The van der Waals surface area contributed by atoms with Crippen LogP contribution in [-0.2, 0) is 16.2 Å². The van der Waals surface area contributed by atoms with Crippen LogP contribution in [0.15, 0.2) is 53.4 Å². The summed E-state index contributed by atoms with van der Waals surface area (Å²) in [6.45, 7) is 0.847. The second kappa shape index (κ2) is 7.40. The fourth-order valence-electron chi connectivity index (χ4n) is 3.02. The van der Waals surface area contributed by atoms with Gasteiger partial charge in [0.1, 0.15) is 0 Å². The molecule has 0 aromatic heterocycles. The van der Waals surface area contributed by atoms with E-state index in [1.807, 2.05) is 35.2 Å². The molecule has 0 radical (unpaired) electrons. The molecule has 0 N–H and O–H groups in total. The van der Waals surface area contributed by atoms with Gasteiger partial charge in [-0.25, -0.2) is 8.42 Å². The Morgan fingerprint density at radius 1 is 0.964 bits per heavy atom. The van der Waals surface area contributed by atoms with E-state index in [4.69, 9.17) is 0 Å². The number of rotatable bonds is 4. The summed E-state index contributed by atoms with van der Waals surface area (Å²) in [6.07, 6.45) is -4.81. The van der Waals surface area contributed by atoms with E-state index in [-0.39, 0.29) is 19.2 Å². The molecule has 1 saturated heterocycles. The highest BCUT2D eigenvalue weighted by Crippen LogP contribution is 2.35. The molecule has 3 rings (SSSR count). The molecule has 2 aromatic rings. The largest absolute Gasteiger partial charge is 0.416 e. The van der Waals surface area contributed by atoms with Crippen molar-refractivity contribution in [1.29, 1.82) is 0 Å². The number of alkyl halides is 3. The van der Waals surface area contributed by atoms with Gasteiger partial charge in [0.25, 0.3) is 5.69 Å². The predicted molar refractivity (Wildman–Crippen MR) is 95.5 cm³/mol. The molecule has 0 amide bonds. The maximum absolute atomic E-state index is 12.8. The topological polar surface area (TPSA) is 83.8 Å². The molecule has 11 heteroatoms. The maximum Gasteiger partial charge on any atom is 0.416 e. The number of nitrogens with zero attached hydrogens (tertiary/aromatic N) is 3. The van der Waals surface area contributed by atoms with Crippen molar-refractivity contribution in [3.05, 3.63) is 64.2 Å². The monoisotopic (exact) mass is 415 g/mol. The minimum atomic E-state index is -4.81. The van der Waals surface area contributed by atoms with E-state index < -0.39 is 37.3 Å². The molecule has 1 aliphatic rings. The van der Waals surface area contributed by atoms with Crippen LogP contribution in [0, 0.1) is 10.1 Å². The summed E-state index contributed by atoms with van der Waals surface area (Å²) in [4.78, 5) is 11.3. The van der Waals surface area contributed by atoms with Gasteiger partial charge in [0.05, 0.1) is 10.5 Å². The number of halogens is 3. The second-order valence-electron chi connectivity index (χ2n) is 6.16. The zero-order chi connectivity index (χ0) is 20.5. The number of hydrogen-bond acceptors (Lipinski definition) is 5. The van der Waals surface area contributed by atoms with Gasteiger partial charge >= 0.3 is 6.18 Å². The van der Waals surface area contributed by atoms with Crippen molar-refractivity contribution in [2.24, 2.45) is 0 Å². The number of hydrogen-bond donors (Lipinski definition) is 0. The molecule has 0 aliphatic carbocycles. The summed E-state index contributed by atoms with van der Waals surface area (Å²) in [5.41, 5.74) is -1.44. The Hall–Kier alpha value is -2.66. The van der Waals surface area contributed by atoms with Crippen molar-refractivity contribution in [3.8, 4) is 0 Å². The molecule has 1 heterocycles. The number of nitro groups is 1. The van der Waals surface area contributed by atoms with Crippen LogP contribution in [0.4, 0.5) is 24.5 Å². The summed E-state index contributed by atoms with van der Waals surface area (Å²) in [5, 5.41) is 11.2. The Balaban J connectivity index is 1.86. The van der Waals surface area contributed by atoms with Crippen molar-refractivity contribution in [3.63, 3.8) is 0 Å². The Morgan fingerprint density at radius 3 is 2.11 bits per heavy atom. The maximum atomic E-state index is 12.8. The Labute approximate surface area is 159 Å². The molecule has 28 heavy (non-hydrogen) atoms. The van der Waals surface area contributed by atoms with Gasteiger partial charge in [0.2, 0.25) is 10.0 Å². The molecular formula is C17H16F3N3O4S. The lowest BCUT2D eigenvalue weighted by atomic mass is 10.2. The average Bonchev–Trinajstić information content (AvgIpc) is 2.67. The third kappa shape index (κ3) is 3.94. The van der Waals surface area contributed by atoms with E-state index in [1.54, 1.807) is 0 Å². The van der Waals surface area contributed by atoms with Gasteiger partial charge in [0, 0.05) is 37.9 Å². The van der Waals surface area contributed by atoms with E-state index in [9.17, 15) is 31.7 Å². The van der Waals surface area contributed by atoms with Crippen LogP contribution in [0.25, 0.3) is 0 Å². The summed E-state index contributed by atoms with van der Waals surface area (Å²) in [7, 11) is -4.31. The number of para-hydroxylation sites is 1. The number of nitro benzene ring substituents is 1. The van der Waals surface area contributed by atoms with Crippen LogP contribution in [0.5, 0.6) is 0 Å². The van der Waals surface area contributed by atoms with Gasteiger partial charge in [-0.2, -0.15) is 17.5 Å². The third-order valence-electron chi connectivity index (χ3n) is 4.46. The standard InChI is InChI=1S/C17H16F3N3O4S/c18-17(19,20)13-6-7-16(15(12-13)23(24)25)28(26,27)22-10-8-21(9-11-22)14-4-2-1-3-5-14/h1-7,12H,8-11H2. The quantitative estimate of drug-likeness (QED) is 0.566. The van der Waals surface area contributed by atoms with Gasteiger partial charge in [-0.15, -0.1) is 0 Å². The molecule has 7 nitrogen and oxygen atoms in total. The summed E-state index contributed by atoms with van der Waals surface area (Å²) < 4.78 is 65.2. The van der Waals surface area contributed by atoms with E-state index >= 15 is 0 Å². The molecule has 0 unspecified atom stereocenters. The number of benzene rings is 2. The van der Waals surface area contributed by atoms with E-state index in [0.717, 1.165) is 9.99 Å². The fraction of sp³-hybridized carbons (Fsp3) is 0.294. The van der Waals surface area contributed by atoms with Gasteiger partial charge in [0.15, 0.2) is 4.90 Å². The number of piperazine rings is 1. The lowest BCUT2D eigenvalue weighted by Gasteiger charge is -2.35. The predicted octanol–water partition coefficient (Wildman–Crippen LogP) is 3.12. The molecule has 0 saturated carbocycles. The van der Waals surface area contributed by atoms with Gasteiger partial charge in [-0.3, -0.25) is 10.1 Å². The summed E-state index contributed by atoms with van der Waals surface area (Å²) in [5.74, 6) is 0. The molecule has 150 valence electrons. The Morgan fingerprint density at radius 2 is 1.57 bits per heavy atom. The van der Waals surface area contributed by atoms with E-state index in [1.165, 1.54) is 0 Å². The van der Waals surface area contributed by atoms with Crippen molar-refractivity contribution < 1.29 is 26.5 Å². The SMILES string of the molecule is O=[N+]([O-])c1cc(C(F)(F)F)ccc1S(=O)(=O)N1CCN(c2ccccc2)CC1. The third-order valence-corrected chi connectivity index (χ3v) is 6.41. The van der Waals surface area contributed by atoms with Crippen molar-refractivity contribution in [2.75, 3.05) is 31.1 Å². The zero-order valence-corrected chi connectivity index (χ0v) is 15.3. The van der Waals surface area contributed by atoms with Crippen LogP contribution in [0.1, 0.15) is 5.56 Å². The molecule has 0 bridgehead atoms. The van der Waals surface area contributed by atoms with E-state index in [0.29, 0.717) is 25.2 Å². The first-order valence-corrected chi connectivity index (χ1v) is 9.70. The first kappa shape index (κ1) is 20.1. The normalized spacial score (nSPS) is 16.2. The second-order valence-corrected chi connectivity index (χ2v) is 8.07. The molecule has 1 fully saturated rings. The minimum Gasteiger partial charge on any atom is -0.369 e. The lowest BCUT2D eigenvalue weighted by molar-refractivity contribution is -0.388. The van der Waals surface area contributed by atoms with E-state index in [2.05, 4.69) is 0 Å². The minimum absolute atomic E-state index is 0.0649. The van der Waals surface area contributed by atoms with Gasteiger partial charge in [-0.05, 0) is 24.3 Å². The smallest absolute Gasteiger partial charge is 0.369 e. The molecule has 2 aromatic carbocycles. The number of sulfonamides is 1. The van der Waals surface area contributed by atoms with Crippen LogP contribution in [-0.4, -0.2) is 43.8 Å². The number of anilines is 1. The lowest BCUT2D eigenvalue weighted by Crippen LogP contribution is -2.48. The summed E-state index contributed by atoms with van der Waals surface area (Å²) in [6, 6.07) is 10.8. The van der Waals surface area contributed by atoms with Crippen LogP contribution < -0.4 is 4.90 Å². The van der Waals surface area contributed by atoms with Crippen molar-refractivity contribution >= 4 is 21.4 Å². The first-order valence-electron chi connectivity index (χ1n) is 8.26. The fourth-order valence-corrected chi connectivity index (χ4v) is 4.58. The zero-order valence-electron chi connectivity index (χ0n) is 14.5. The van der Waals surface area contributed by atoms with Crippen LogP contribution in [0.2, 0.25) is 0 Å². The Kier molecular flexibility index (Phi) is 5.31. The average molecular weight is 415 g/mol. The highest BCUT2D eigenvalue weighted by Gasteiger charge is 2.38. The molecule has 1 aliphatic heterocycles. The van der Waals surface area contributed by atoms with Gasteiger partial charge < -0.3 is 4.90 Å². The highest BCUT2D eigenvalue weighted by atomic mass is 32.2. The summed E-state index contributed by atoms with van der Waals surface area (Å²) >= 11 is 0. The van der Waals surface area contributed by atoms with Crippen molar-refractivity contribution in [2.45, 2.75) is 11.1 Å². The van der Waals surface area contributed by atoms with Gasteiger partial charge in [-0.1, -0.05) is 18.2 Å². The highest BCUT2D eigenvalue weighted by molar-refractivity contribution is 7.89. The van der Waals surface area contributed by atoms with Crippen LogP contribution in [0.3, 0.4) is 0 Å². The van der Waals surface area contributed by atoms with Crippen molar-refractivity contribution in [1.82, 2.24) is 4.31 Å². The molecule has 0 atom stereocenters. The Bertz CT molecular complexity index is 973.